The van der Waals surface area contributed by atoms with E-state index in [9.17, 15) is 13.5 Å². The summed E-state index contributed by atoms with van der Waals surface area (Å²) in [7, 11) is -3.65. The number of rotatable bonds is 6. The zero-order valence-electron chi connectivity index (χ0n) is 12.3. The lowest BCUT2D eigenvalue weighted by atomic mass is 10.1. The Morgan fingerprint density at radius 2 is 1.76 bits per heavy atom. The fourth-order valence-electron chi connectivity index (χ4n) is 2.44. The maximum Gasteiger partial charge on any atom is 0.241 e. The second-order valence-electron chi connectivity index (χ2n) is 5.61. The van der Waals surface area contributed by atoms with Crippen LogP contribution in [0.4, 0.5) is 0 Å². The molecule has 0 radical (unpaired) electrons. The smallest absolute Gasteiger partial charge is 0.241 e. The van der Waals surface area contributed by atoms with E-state index in [1.807, 2.05) is 38.1 Å². The van der Waals surface area contributed by atoms with Crippen LogP contribution < -0.4 is 4.72 Å². The van der Waals surface area contributed by atoms with Crippen molar-refractivity contribution in [2.24, 2.45) is 5.92 Å². The maximum atomic E-state index is 12.6. The molecule has 0 spiro atoms. The van der Waals surface area contributed by atoms with Crippen molar-refractivity contribution in [1.29, 1.82) is 0 Å². The van der Waals surface area contributed by atoms with Gasteiger partial charge in [0.25, 0.3) is 0 Å². The van der Waals surface area contributed by atoms with Crippen LogP contribution in [0.3, 0.4) is 0 Å². The molecule has 0 saturated carbocycles. The van der Waals surface area contributed by atoms with E-state index in [4.69, 9.17) is 0 Å². The predicted molar refractivity (Wildman–Crippen MR) is 84.6 cm³/mol. The molecule has 0 fully saturated rings. The summed E-state index contributed by atoms with van der Waals surface area (Å²) in [6, 6.07) is 12.1. The Labute approximate surface area is 125 Å². The van der Waals surface area contributed by atoms with Gasteiger partial charge < -0.3 is 5.11 Å². The van der Waals surface area contributed by atoms with E-state index in [0.717, 1.165) is 5.39 Å². The van der Waals surface area contributed by atoms with Crippen LogP contribution in [0.2, 0.25) is 0 Å². The van der Waals surface area contributed by atoms with E-state index in [2.05, 4.69) is 4.72 Å². The Morgan fingerprint density at radius 3 is 2.43 bits per heavy atom. The van der Waals surface area contributed by atoms with Crippen LogP contribution in [0, 0.1) is 5.92 Å². The topological polar surface area (TPSA) is 66.4 Å². The molecule has 2 N–H and O–H groups in total. The number of hydrogen-bond acceptors (Lipinski definition) is 3. The van der Waals surface area contributed by atoms with Gasteiger partial charge in [-0.25, -0.2) is 13.1 Å². The average Bonchev–Trinajstić information content (AvgIpc) is 2.45. The third-order valence-corrected chi connectivity index (χ3v) is 4.92. The monoisotopic (exact) mass is 307 g/mol. The highest BCUT2D eigenvalue weighted by atomic mass is 32.2. The first kappa shape index (κ1) is 15.9. The van der Waals surface area contributed by atoms with Gasteiger partial charge in [0.2, 0.25) is 10.0 Å². The van der Waals surface area contributed by atoms with Gasteiger partial charge in [0.1, 0.15) is 0 Å². The summed E-state index contributed by atoms with van der Waals surface area (Å²) in [5, 5.41) is 10.9. The third-order valence-electron chi connectivity index (χ3n) is 3.34. The van der Waals surface area contributed by atoms with E-state index < -0.39 is 16.1 Å². The minimum atomic E-state index is -3.65. The summed E-state index contributed by atoms with van der Waals surface area (Å²) in [6.07, 6.45) is 0.598. The van der Waals surface area contributed by atoms with Crippen molar-refractivity contribution in [3.8, 4) is 0 Å². The highest BCUT2D eigenvalue weighted by Crippen LogP contribution is 2.23. The van der Waals surface area contributed by atoms with Gasteiger partial charge in [-0.15, -0.1) is 0 Å². The van der Waals surface area contributed by atoms with Crippen LogP contribution >= 0.6 is 0 Å². The van der Waals surface area contributed by atoms with E-state index in [-0.39, 0.29) is 11.5 Å². The first-order valence-electron chi connectivity index (χ1n) is 7.05. The first-order valence-corrected chi connectivity index (χ1v) is 8.53. The molecular weight excluding hydrogens is 286 g/mol. The number of hydrogen-bond donors (Lipinski definition) is 2. The molecule has 2 aromatic carbocycles. The molecule has 114 valence electrons. The van der Waals surface area contributed by atoms with Crippen molar-refractivity contribution in [3.05, 3.63) is 42.5 Å². The van der Waals surface area contributed by atoms with Crippen LogP contribution in [0.15, 0.2) is 47.4 Å². The molecular formula is C16H21NO3S. The van der Waals surface area contributed by atoms with E-state index in [0.29, 0.717) is 17.7 Å². The van der Waals surface area contributed by atoms with Gasteiger partial charge in [-0.1, -0.05) is 50.2 Å². The van der Waals surface area contributed by atoms with Crippen LogP contribution in [-0.2, 0) is 10.0 Å². The van der Waals surface area contributed by atoms with Gasteiger partial charge in [0.05, 0.1) is 11.5 Å². The zero-order valence-corrected chi connectivity index (χ0v) is 13.1. The molecule has 0 amide bonds. The molecule has 2 rings (SSSR count). The Balaban J connectivity index is 2.38. The summed E-state index contributed by atoms with van der Waals surface area (Å²) < 4.78 is 27.8. The quantitative estimate of drug-likeness (QED) is 0.862. The molecule has 4 nitrogen and oxygen atoms in total. The van der Waals surface area contributed by atoms with Crippen molar-refractivity contribution in [2.75, 3.05) is 6.61 Å². The number of nitrogens with one attached hydrogen (secondary N) is 1. The van der Waals surface area contributed by atoms with Crippen molar-refractivity contribution >= 4 is 20.8 Å². The van der Waals surface area contributed by atoms with Crippen LogP contribution in [0.5, 0.6) is 0 Å². The number of aliphatic hydroxyl groups excluding tert-OH is 1. The van der Waals surface area contributed by atoms with Gasteiger partial charge in [-0.2, -0.15) is 0 Å². The van der Waals surface area contributed by atoms with Crippen molar-refractivity contribution < 1.29 is 13.5 Å². The Bertz CT molecular complexity index is 705. The largest absolute Gasteiger partial charge is 0.395 e. The van der Waals surface area contributed by atoms with Gasteiger partial charge >= 0.3 is 0 Å². The van der Waals surface area contributed by atoms with Crippen molar-refractivity contribution in [1.82, 2.24) is 4.72 Å². The fraction of sp³-hybridized carbons (Fsp3) is 0.375. The fourth-order valence-corrected chi connectivity index (χ4v) is 3.91. The molecule has 0 aromatic heterocycles. The Kier molecular flexibility index (Phi) is 4.98. The average molecular weight is 307 g/mol. The summed E-state index contributed by atoms with van der Waals surface area (Å²) in [5.74, 6) is 0.303. The molecule has 1 atom stereocenters. The maximum absolute atomic E-state index is 12.6. The van der Waals surface area contributed by atoms with Crippen LogP contribution in [-0.4, -0.2) is 26.2 Å². The van der Waals surface area contributed by atoms with Crippen molar-refractivity contribution in [2.45, 2.75) is 31.2 Å². The van der Waals surface area contributed by atoms with Crippen LogP contribution in [0.1, 0.15) is 20.3 Å². The van der Waals surface area contributed by atoms with Gasteiger partial charge in [0, 0.05) is 11.4 Å². The SMILES string of the molecule is CC(C)CC(CO)NS(=O)(=O)c1cccc2ccccc12. The summed E-state index contributed by atoms with van der Waals surface area (Å²) in [5.41, 5.74) is 0. The first-order chi connectivity index (χ1) is 9.94. The standard InChI is InChI=1S/C16H21NO3S/c1-12(2)10-14(11-18)17-21(19,20)16-9-5-7-13-6-3-4-8-15(13)16/h3-9,12,14,17-18H,10-11H2,1-2H3. The number of sulfonamides is 1. The molecule has 21 heavy (non-hydrogen) atoms. The lowest BCUT2D eigenvalue weighted by molar-refractivity contribution is 0.240. The molecule has 0 saturated heterocycles. The molecule has 2 aromatic rings. The van der Waals surface area contributed by atoms with E-state index >= 15 is 0 Å². The molecule has 0 bridgehead atoms. The molecule has 0 aliphatic rings. The van der Waals surface area contributed by atoms with E-state index in [1.54, 1.807) is 18.2 Å². The number of benzene rings is 2. The van der Waals surface area contributed by atoms with Crippen LogP contribution in [0.25, 0.3) is 10.8 Å². The number of aliphatic hydroxyl groups is 1. The third kappa shape index (κ3) is 3.81. The van der Waals surface area contributed by atoms with E-state index in [1.165, 1.54) is 0 Å². The molecule has 1 unspecified atom stereocenters. The minimum absolute atomic E-state index is 0.206. The van der Waals surface area contributed by atoms with Gasteiger partial charge in [-0.05, 0) is 23.8 Å². The van der Waals surface area contributed by atoms with Crippen molar-refractivity contribution in [3.63, 3.8) is 0 Å². The lowest BCUT2D eigenvalue weighted by Gasteiger charge is -2.19. The van der Waals surface area contributed by atoms with Gasteiger partial charge in [0.15, 0.2) is 0 Å². The normalized spacial score (nSPS) is 13.7. The second-order valence-corrected chi connectivity index (χ2v) is 7.29. The zero-order chi connectivity index (χ0) is 15.5. The molecule has 0 heterocycles. The Hall–Kier alpha value is -1.43. The lowest BCUT2D eigenvalue weighted by Crippen LogP contribution is -2.38. The number of fused-ring (bicyclic) bond motifs is 1. The second kappa shape index (κ2) is 6.56. The van der Waals surface area contributed by atoms with Gasteiger partial charge in [-0.3, -0.25) is 0 Å². The predicted octanol–water partition coefficient (Wildman–Crippen LogP) is 2.53. The highest BCUT2D eigenvalue weighted by molar-refractivity contribution is 7.89. The molecule has 0 aliphatic heterocycles. The Morgan fingerprint density at radius 1 is 1.10 bits per heavy atom. The summed E-state index contributed by atoms with van der Waals surface area (Å²) in [6.45, 7) is 3.78. The molecule has 5 heteroatoms. The summed E-state index contributed by atoms with van der Waals surface area (Å²) >= 11 is 0. The minimum Gasteiger partial charge on any atom is -0.395 e. The molecule has 0 aliphatic carbocycles. The summed E-state index contributed by atoms with van der Waals surface area (Å²) in [4.78, 5) is 0.253. The highest BCUT2D eigenvalue weighted by Gasteiger charge is 2.22.